The summed E-state index contributed by atoms with van der Waals surface area (Å²) in [5.74, 6) is 0.0713. The average Bonchev–Trinajstić information content (AvgIpc) is 2.74. The Hall–Kier alpha value is -3.14. The normalized spacial score (nSPS) is 11.6. The lowest BCUT2D eigenvalue weighted by Crippen LogP contribution is -2.41. The van der Waals surface area contributed by atoms with Gasteiger partial charge in [-0.05, 0) is 41.8 Å². The molecule has 0 aliphatic carbocycles. The lowest BCUT2D eigenvalue weighted by atomic mass is 10.1. The first-order chi connectivity index (χ1) is 13.7. The van der Waals surface area contributed by atoms with Gasteiger partial charge in [-0.1, -0.05) is 67.6 Å². The van der Waals surface area contributed by atoms with E-state index in [9.17, 15) is 9.18 Å². The zero-order valence-corrected chi connectivity index (χ0v) is 15.9. The Kier molecular flexibility index (Phi) is 6.79. The number of carbonyl (C=O) groups is 1. The lowest BCUT2D eigenvalue weighted by Gasteiger charge is -2.27. The van der Waals surface area contributed by atoms with Gasteiger partial charge in [-0.2, -0.15) is 0 Å². The monoisotopic (exact) mass is 377 g/mol. The molecule has 0 aliphatic rings. The van der Waals surface area contributed by atoms with Crippen molar-refractivity contribution in [3.8, 4) is 5.75 Å². The van der Waals surface area contributed by atoms with Crippen molar-refractivity contribution in [2.75, 3.05) is 0 Å². The van der Waals surface area contributed by atoms with E-state index in [0.29, 0.717) is 25.3 Å². The van der Waals surface area contributed by atoms with Crippen molar-refractivity contribution < 1.29 is 13.9 Å². The molecule has 4 heteroatoms. The highest BCUT2D eigenvalue weighted by atomic mass is 19.1. The fourth-order valence-electron chi connectivity index (χ4n) is 3.01. The van der Waals surface area contributed by atoms with Gasteiger partial charge in [0.15, 0.2) is 6.10 Å². The first-order valence-electron chi connectivity index (χ1n) is 9.44. The Labute approximate surface area is 165 Å². The Balaban J connectivity index is 1.79. The van der Waals surface area contributed by atoms with Crippen LogP contribution in [-0.4, -0.2) is 16.9 Å². The molecule has 144 valence electrons. The smallest absolute Gasteiger partial charge is 0.264 e. The molecule has 0 fully saturated rings. The zero-order chi connectivity index (χ0) is 19.8. The van der Waals surface area contributed by atoms with Crippen LogP contribution in [0.25, 0.3) is 0 Å². The van der Waals surface area contributed by atoms with Gasteiger partial charge >= 0.3 is 0 Å². The Bertz CT molecular complexity index is 825. The largest absolute Gasteiger partial charge is 0.481 e. The Morgan fingerprint density at radius 3 is 1.82 bits per heavy atom. The molecule has 3 aromatic carbocycles. The van der Waals surface area contributed by atoms with Crippen LogP contribution >= 0.6 is 0 Å². The lowest BCUT2D eigenvalue weighted by molar-refractivity contribution is -0.140. The summed E-state index contributed by atoms with van der Waals surface area (Å²) in [6.45, 7) is 2.91. The van der Waals surface area contributed by atoms with Gasteiger partial charge in [0.1, 0.15) is 11.6 Å². The van der Waals surface area contributed by atoms with Crippen molar-refractivity contribution in [3.05, 3.63) is 102 Å². The standard InChI is InChI=1S/C24H24FNO2/c1-2-23(28-22-15-13-21(25)14-16-22)24(27)26(17-19-9-5-3-6-10-19)18-20-11-7-4-8-12-20/h3-16,23H,2,17-18H2,1H3. The SMILES string of the molecule is CCC(Oc1ccc(F)cc1)C(=O)N(Cc1ccccc1)Cc1ccccc1. The third-order valence-corrected chi connectivity index (χ3v) is 4.48. The van der Waals surface area contributed by atoms with Gasteiger partial charge in [-0.3, -0.25) is 4.79 Å². The summed E-state index contributed by atoms with van der Waals surface area (Å²) in [7, 11) is 0. The molecule has 0 saturated heterocycles. The van der Waals surface area contributed by atoms with E-state index in [-0.39, 0.29) is 11.7 Å². The molecule has 0 radical (unpaired) electrons. The summed E-state index contributed by atoms with van der Waals surface area (Å²) in [5, 5.41) is 0. The number of nitrogens with zero attached hydrogens (tertiary/aromatic N) is 1. The molecule has 0 saturated carbocycles. The van der Waals surface area contributed by atoms with Crippen molar-refractivity contribution in [1.29, 1.82) is 0 Å². The average molecular weight is 377 g/mol. The van der Waals surface area contributed by atoms with Crippen LogP contribution in [-0.2, 0) is 17.9 Å². The molecule has 0 bridgehead atoms. The van der Waals surface area contributed by atoms with E-state index >= 15 is 0 Å². The number of benzene rings is 3. The van der Waals surface area contributed by atoms with Gasteiger partial charge in [-0.25, -0.2) is 4.39 Å². The first-order valence-corrected chi connectivity index (χ1v) is 9.44. The minimum Gasteiger partial charge on any atom is -0.481 e. The number of rotatable bonds is 8. The topological polar surface area (TPSA) is 29.5 Å². The molecule has 0 aromatic heterocycles. The fraction of sp³-hybridized carbons (Fsp3) is 0.208. The van der Waals surface area contributed by atoms with E-state index in [1.165, 1.54) is 12.1 Å². The zero-order valence-electron chi connectivity index (χ0n) is 15.9. The van der Waals surface area contributed by atoms with Crippen molar-refractivity contribution >= 4 is 5.91 Å². The minimum atomic E-state index is -0.627. The maximum absolute atomic E-state index is 13.3. The van der Waals surface area contributed by atoms with E-state index in [2.05, 4.69) is 0 Å². The molecule has 3 nitrogen and oxygen atoms in total. The fourth-order valence-corrected chi connectivity index (χ4v) is 3.01. The van der Waals surface area contributed by atoms with Crippen molar-refractivity contribution in [2.45, 2.75) is 32.5 Å². The number of hydrogen-bond donors (Lipinski definition) is 0. The molecule has 1 atom stereocenters. The minimum absolute atomic E-state index is 0.0838. The molecule has 0 heterocycles. The van der Waals surface area contributed by atoms with Crippen LogP contribution in [0.1, 0.15) is 24.5 Å². The molecule has 0 aliphatic heterocycles. The van der Waals surface area contributed by atoms with Crippen LogP contribution in [0.2, 0.25) is 0 Å². The summed E-state index contributed by atoms with van der Waals surface area (Å²) in [5.41, 5.74) is 2.12. The Morgan fingerprint density at radius 1 is 0.857 bits per heavy atom. The molecule has 1 unspecified atom stereocenters. The van der Waals surface area contributed by atoms with Crippen LogP contribution in [0, 0.1) is 5.82 Å². The summed E-state index contributed by atoms with van der Waals surface area (Å²) in [6, 6.07) is 25.6. The summed E-state index contributed by atoms with van der Waals surface area (Å²) in [4.78, 5) is 15.1. The van der Waals surface area contributed by atoms with Crippen molar-refractivity contribution in [2.24, 2.45) is 0 Å². The van der Waals surface area contributed by atoms with Gasteiger partial charge in [-0.15, -0.1) is 0 Å². The maximum Gasteiger partial charge on any atom is 0.264 e. The van der Waals surface area contributed by atoms with E-state index in [1.807, 2.05) is 72.5 Å². The summed E-state index contributed by atoms with van der Waals surface area (Å²) < 4.78 is 19.0. The van der Waals surface area contributed by atoms with Crippen molar-refractivity contribution in [1.82, 2.24) is 4.90 Å². The van der Waals surface area contributed by atoms with E-state index in [1.54, 1.807) is 12.1 Å². The number of ether oxygens (including phenoxy) is 1. The number of amides is 1. The molecule has 28 heavy (non-hydrogen) atoms. The third kappa shape index (κ3) is 5.43. The number of carbonyl (C=O) groups excluding carboxylic acids is 1. The molecular formula is C24H24FNO2. The quantitative estimate of drug-likeness (QED) is 0.539. The highest BCUT2D eigenvalue weighted by Crippen LogP contribution is 2.18. The molecule has 1 amide bonds. The van der Waals surface area contributed by atoms with Crippen molar-refractivity contribution in [3.63, 3.8) is 0 Å². The highest BCUT2D eigenvalue weighted by Gasteiger charge is 2.25. The second kappa shape index (κ2) is 9.70. The first kappa shape index (κ1) is 19.6. The predicted octanol–water partition coefficient (Wildman–Crippen LogP) is 5.21. The molecular weight excluding hydrogens is 353 g/mol. The van der Waals surface area contributed by atoms with Gasteiger partial charge in [0.25, 0.3) is 5.91 Å². The maximum atomic E-state index is 13.3. The summed E-state index contributed by atoms with van der Waals surface area (Å²) in [6.07, 6.45) is -0.103. The van der Waals surface area contributed by atoms with Gasteiger partial charge in [0.05, 0.1) is 0 Å². The van der Waals surface area contributed by atoms with E-state index < -0.39 is 6.10 Å². The number of hydrogen-bond acceptors (Lipinski definition) is 2. The van der Waals surface area contributed by atoms with Crippen LogP contribution < -0.4 is 4.74 Å². The van der Waals surface area contributed by atoms with Gasteiger partial charge in [0.2, 0.25) is 0 Å². The van der Waals surface area contributed by atoms with E-state index in [4.69, 9.17) is 4.74 Å². The summed E-state index contributed by atoms with van der Waals surface area (Å²) >= 11 is 0. The second-order valence-electron chi connectivity index (χ2n) is 6.63. The molecule has 3 rings (SSSR count). The van der Waals surface area contributed by atoms with Crippen LogP contribution in [0.4, 0.5) is 4.39 Å². The molecule has 0 N–H and O–H groups in total. The molecule has 0 spiro atoms. The predicted molar refractivity (Wildman–Crippen MR) is 108 cm³/mol. The van der Waals surface area contributed by atoms with Crippen LogP contribution in [0.3, 0.4) is 0 Å². The van der Waals surface area contributed by atoms with Gasteiger partial charge in [0, 0.05) is 13.1 Å². The highest BCUT2D eigenvalue weighted by molar-refractivity contribution is 5.81. The van der Waals surface area contributed by atoms with Crippen LogP contribution in [0.15, 0.2) is 84.9 Å². The molecule has 3 aromatic rings. The number of halogens is 1. The third-order valence-electron chi connectivity index (χ3n) is 4.48. The second-order valence-corrected chi connectivity index (χ2v) is 6.63. The van der Waals surface area contributed by atoms with Gasteiger partial charge < -0.3 is 9.64 Å². The van der Waals surface area contributed by atoms with E-state index in [0.717, 1.165) is 11.1 Å². The Morgan fingerprint density at radius 2 is 1.36 bits per heavy atom. The van der Waals surface area contributed by atoms with Crippen LogP contribution in [0.5, 0.6) is 5.75 Å².